The van der Waals surface area contributed by atoms with Gasteiger partial charge in [-0.2, -0.15) is 0 Å². The number of rotatable bonds is 1. The molecule has 0 spiro atoms. The van der Waals surface area contributed by atoms with Crippen molar-refractivity contribution >= 4 is 15.9 Å². The zero-order valence-electron chi connectivity index (χ0n) is 8.56. The van der Waals surface area contributed by atoms with Gasteiger partial charge in [0.25, 0.3) is 0 Å². The van der Waals surface area contributed by atoms with E-state index in [1.165, 1.54) is 5.56 Å². The summed E-state index contributed by atoms with van der Waals surface area (Å²) in [7, 11) is 0. The molecule has 0 aliphatic heterocycles. The number of halogens is 1. The first kappa shape index (κ1) is 10.6. The van der Waals surface area contributed by atoms with Gasteiger partial charge < -0.3 is 0 Å². The molecule has 0 amide bonds. The lowest BCUT2D eigenvalue weighted by Crippen LogP contribution is -2.17. The van der Waals surface area contributed by atoms with Crippen LogP contribution in [0.3, 0.4) is 0 Å². The largest absolute Gasteiger partial charge is 0.241 e. The Morgan fingerprint density at radius 1 is 1.38 bits per heavy atom. The van der Waals surface area contributed by atoms with Gasteiger partial charge >= 0.3 is 0 Å². The Kier molecular flexibility index (Phi) is 3.06. The highest BCUT2D eigenvalue weighted by atomic mass is 79.9. The van der Waals surface area contributed by atoms with Crippen LogP contribution in [0.2, 0.25) is 0 Å². The number of nitrogens with zero attached hydrogens (tertiary/aromatic N) is 2. The first-order valence-electron chi connectivity index (χ1n) is 4.34. The number of hydrogen-bond donors (Lipinski definition) is 0. The fraction of sp³-hybridized carbons (Fsp3) is 0.600. The predicted molar refractivity (Wildman–Crippen MR) is 58.1 cm³/mol. The zero-order chi connectivity index (χ0) is 10.1. The number of alkyl halides is 1. The standard InChI is InChI=1S/C10H15BrN2/c1-7-12-6-8(5-11)9(13-7)10(2,3)4/h6H,5H2,1-4H3. The van der Waals surface area contributed by atoms with E-state index >= 15 is 0 Å². The Morgan fingerprint density at radius 3 is 2.46 bits per heavy atom. The van der Waals surface area contributed by atoms with Crippen molar-refractivity contribution in [3.8, 4) is 0 Å². The van der Waals surface area contributed by atoms with Crippen LogP contribution in [0.1, 0.15) is 37.9 Å². The molecule has 72 valence electrons. The average molecular weight is 243 g/mol. The Morgan fingerprint density at radius 2 is 2.00 bits per heavy atom. The summed E-state index contributed by atoms with van der Waals surface area (Å²) >= 11 is 3.45. The highest BCUT2D eigenvalue weighted by molar-refractivity contribution is 9.08. The monoisotopic (exact) mass is 242 g/mol. The molecule has 0 saturated carbocycles. The van der Waals surface area contributed by atoms with E-state index in [0.29, 0.717) is 0 Å². The van der Waals surface area contributed by atoms with Gasteiger partial charge in [0.05, 0.1) is 5.69 Å². The molecular weight excluding hydrogens is 228 g/mol. The molecule has 0 N–H and O–H groups in total. The molecule has 0 radical (unpaired) electrons. The second kappa shape index (κ2) is 3.74. The molecule has 0 aliphatic carbocycles. The predicted octanol–water partition coefficient (Wildman–Crippen LogP) is 2.98. The van der Waals surface area contributed by atoms with Gasteiger partial charge in [-0.1, -0.05) is 36.7 Å². The van der Waals surface area contributed by atoms with E-state index in [4.69, 9.17) is 0 Å². The number of aryl methyl sites for hydroxylation is 1. The fourth-order valence-corrected chi connectivity index (χ4v) is 1.65. The third-order valence-electron chi connectivity index (χ3n) is 1.84. The van der Waals surface area contributed by atoms with Gasteiger partial charge in [0.15, 0.2) is 0 Å². The fourth-order valence-electron chi connectivity index (χ4n) is 1.24. The summed E-state index contributed by atoms with van der Waals surface area (Å²) in [5.41, 5.74) is 2.41. The van der Waals surface area contributed by atoms with E-state index < -0.39 is 0 Å². The van der Waals surface area contributed by atoms with Crippen LogP contribution in [0.4, 0.5) is 0 Å². The number of aromatic nitrogens is 2. The van der Waals surface area contributed by atoms with Crippen molar-refractivity contribution in [1.29, 1.82) is 0 Å². The average Bonchev–Trinajstić information content (AvgIpc) is 2.03. The third-order valence-corrected chi connectivity index (χ3v) is 2.44. The van der Waals surface area contributed by atoms with Crippen molar-refractivity contribution in [1.82, 2.24) is 9.97 Å². The molecule has 3 heteroatoms. The topological polar surface area (TPSA) is 25.8 Å². The lowest BCUT2D eigenvalue weighted by molar-refractivity contribution is 0.558. The van der Waals surface area contributed by atoms with Crippen molar-refractivity contribution in [2.75, 3.05) is 0 Å². The molecular formula is C10H15BrN2. The van der Waals surface area contributed by atoms with Crippen LogP contribution >= 0.6 is 15.9 Å². The van der Waals surface area contributed by atoms with Gasteiger partial charge in [-0.3, -0.25) is 0 Å². The van der Waals surface area contributed by atoms with E-state index in [-0.39, 0.29) is 5.41 Å². The van der Waals surface area contributed by atoms with E-state index in [2.05, 4.69) is 46.7 Å². The third kappa shape index (κ3) is 2.50. The molecule has 0 aliphatic rings. The van der Waals surface area contributed by atoms with E-state index in [0.717, 1.165) is 16.8 Å². The summed E-state index contributed by atoms with van der Waals surface area (Å²) in [5, 5.41) is 0.819. The van der Waals surface area contributed by atoms with Crippen LogP contribution in [-0.2, 0) is 10.7 Å². The summed E-state index contributed by atoms with van der Waals surface area (Å²) in [5.74, 6) is 0.842. The van der Waals surface area contributed by atoms with Crippen molar-refractivity contribution in [3.63, 3.8) is 0 Å². The second-order valence-corrected chi connectivity index (χ2v) is 4.74. The van der Waals surface area contributed by atoms with Gasteiger partial charge in [0, 0.05) is 22.5 Å². The molecule has 0 atom stereocenters. The first-order chi connectivity index (χ1) is 5.95. The van der Waals surface area contributed by atoms with E-state index in [1.807, 2.05) is 13.1 Å². The normalized spacial score (nSPS) is 11.8. The molecule has 0 aromatic carbocycles. The molecule has 1 rings (SSSR count). The van der Waals surface area contributed by atoms with Crippen LogP contribution in [0.15, 0.2) is 6.20 Å². The van der Waals surface area contributed by atoms with Crippen molar-refractivity contribution in [2.24, 2.45) is 0 Å². The highest BCUT2D eigenvalue weighted by Gasteiger charge is 2.19. The Labute approximate surface area is 87.9 Å². The maximum Gasteiger partial charge on any atom is 0.125 e. The smallest absolute Gasteiger partial charge is 0.125 e. The maximum absolute atomic E-state index is 4.47. The molecule has 13 heavy (non-hydrogen) atoms. The minimum atomic E-state index is 0.0941. The van der Waals surface area contributed by atoms with Crippen LogP contribution in [-0.4, -0.2) is 9.97 Å². The zero-order valence-corrected chi connectivity index (χ0v) is 10.1. The molecule has 2 nitrogen and oxygen atoms in total. The first-order valence-corrected chi connectivity index (χ1v) is 5.46. The van der Waals surface area contributed by atoms with Crippen LogP contribution < -0.4 is 0 Å². The quantitative estimate of drug-likeness (QED) is 0.708. The summed E-state index contributed by atoms with van der Waals surface area (Å²) in [4.78, 5) is 8.66. The van der Waals surface area contributed by atoms with Gasteiger partial charge in [-0.15, -0.1) is 0 Å². The minimum absolute atomic E-state index is 0.0941. The molecule has 0 fully saturated rings. The van der Waals surface area contributed by atoms with Gasteiger partial charge in [-0.05, 0) is 6.92 Å². The minimum Gasteiger partial charge on any atom is -0.241 e. The molecule has 1 heterocycles. The molecule has 1 aromatic rings. The summed E-state index contributed by atoms with van der Waals surface area (Å²) < 4.78 is 0. The van der Waals surface area contributed by atoms with Crippen LogP contribution in [0.25, 0.3) is 0 Å². The maximum atomic E-state index is 4.47. The molecule has 0 unspecified atom stereocenters. The molecule has 1 aromatic heterocycles. The lowest BCUT2D eigenvalue weighted by atomic mass is 9.89. The SMILES string of the molecule is Cc1ncc(CBr)c(C(C)(C)C)n1. The van der Waals surface area contributed by atoms with Crippen molar-refractivity contribution in [3.05, 3.63) is 23.3 Å². The second-order valence-electron chi connectivity index (χ2n) is 4.17. The van der Waals surface area contributed by atoms with Gasteiger partial charge in [0.2, 0.25) is 0 Å². The molecule has 0 saturated heterocycles. The van der Waals surface area contributed by atoms with E-state index in [1.54, 1.807) is 0 Å². The number of hydrogen-bond acceptors (Lipinski definition) is 2. The van der Waals surface area contributed by atoms with Gasteiger partial charge in [-0.25, -0.2) is 9.97 Å². The Bertz CT molecular complexity index is 302. The molecule has 0 bridgehead atoms. The summed E-state index contributed by atoms with van der Waals surface area (Å²) in [6, 6.07) is 0. The highest BCUT2D eigenvalue weighted by Crippen LogP contribution is 2.24. The van der Waals surface area contributed by atoms with Crippen molar-refractivity contribution < 1.29 is 0 Å². The van der Waals surface area contributed by atoms with Crippen LogP contribution in [0.5, 0.6) is 0 Å². The summed E-state index contributed by atoms with van der Waals surface area (Å²) in [6.07, 6.45) is 1.90. The Balaban J connectivity index is 3.24. The summed E-state index contributed by atoms with van der Waals surface area (Å²) in [6.45, 7) is 8.43. The van der Waals surface area contributed by atoms with Crippen molar-refractivity contribution in [2.45, 2.75) is 38.4 Å². The lowest BCUT2D eigenvalue weighted by Gasteiger charge is -2.20. The van der Waals surface area contributed by atoms with E-state index in [9.17, 15) is 0 Å². The van der Waals surface area contributed by atoms with Crippen LogP contribution in [0, 0.1) is 6.92 Å². The Hall–Kier alpha value is -0.440. The van der Waals surface area contributed by atoms with Gasteiger partial charge in [0.1, 0.15) is 5.82 Å².